The molecular formula is C31H27FN2O6S. The summed E-state index contributed by atoms with van der Waals surface area (Å²) in [6.45, 7) is 2.01. The molecule has 41 heavy (non-hydrogen) atoms. The monoisotopic (exact) mass is 574 g/mol. The average molecular weight is 575 g/mol. The molecule has 0 aromatic heterocycles. The first kappa shape index (κ1) is 27.9. The third-order valence-electron chi connectivity index (χ3n) is 6.91. The van der Waals surface area contributed by atoms with Crippen LogP contribution in [-0.4, -0.2) is 44.6 Å². The number of hydrogen-bond acceptors (Lipinski definition) is 5. The summed E-state index contributed by atoms with van der Waals surface area (Å²) in [5.74, 6) is -1.41. The van der Waals surface area contributed by atoms with Crippen LogP contribution >= 0.6 is 0 Å². The van der Waals surface area contributed by atoms with Gasteiger partial charge >= 0.3 is 5.97 Å². The number of nitrogens with zero attached hydrogens (tertiary/aromatic N) is 1. The number of aryl methyl sites for hydroxylation is 1. The van der Waals surface area contributed by atoms with Crippen LogP contribution < -0.4 is 14.4 Å². The van der Waals surface area contributed by atoms with Gasteiger partial charge in [-0.2, -0.15) is 0 Å². The summed E-state index contributed by atoms with van der Waals surface area (Å²) in [7, 11) is -4.11. The number of sulfonamides is 1. The van der Waals surface area contributed by atoms with E-state index in [9.17, 15) is 22.4 Å². The van der Waals surface area contributed by atoms with E-state index < -0.39 is 27.9 Å². The van der Waals surface area contributed by atoms with Crippen molar-refractivity contribution in [2.75, 3.05) is 17.5 Å². The van der Waals surface area contributed by atoms with Crippen molar-refractivity contribution in [3.63, 3.8) is 0 Å². The van der Waals surface area contributed by atoms with E-state index in [-0.39, 0.29) is 35.8 Å². The Morgan fingerprint density at radius 3 is 2.39 bits per heavy atom. The molecule has 1 atom stereocenters. The SMILES string of the molecule is Cc1cc(F)ccc1-c1ccc(S(=O)(=O)N2c3ccccc3C[C@H]2C(=O)NCCOc2ccc(C(=O)O)cc2)cc1. The minimum atomic E-state index is -4.11. The molecule has 0 saturated carbocycles. The van der Waals surface area contributed by atoms with Crippen molar-refractivity contribution in [1.82, 2.24) is 5.32 Å². The fraction of sp³-hybridized carbons (Fsp3) is 0.161. The van der Waals surface area contributed by atoms with E-state index in [1.165, 1.54) is 52.8 Å². The predicted octanol–water partition coefficient (Wildman–Crippen LogP) is 4.81. The van der Waals surface area contributed by atoms with Gasteiger partial charge in [-0.3, -0.25) is 9.10 Å². The van der Waals surface area contributed by atoms with Gasteiger partial charge in [-0.05, 0) is 83.8 Å². The number of aromatic carboxylic acids is 1. The number of fused-ring (bicyclic) bond motifs is 1. The van der Waals surface area contributed by atoms with Crippen molar-refractivity contribution in [2.45, 2.75) is 24.3 Å². The molecule has 0 saturated heterocycles. The van der Waals surface area contributed by atoms with Crippen LogP contribution in [0.25, 0.3) is 11.1 Å². The predicted molar refractivity (Wildman–Crippen MR) is 152 cm³/mol. The molecule has 4 aromatic carbocycles. The van der Waals surface area contributed by atoms with Gasteiger partial charge in [0.25, 0.3) is 10.0 Å². The molecular weight excluding hydrogens is 547 g/mol. The first-order valence-electron chi connectivity index (χ1n) is 12.9. The summed E-state index contributed by atoms with van der Waals surface area (Å²) in [6.07, 6.45) is 0.214. The van der Waals surface area contributed by atoms with Crippen molar-refractivity contribution in [3.8, 4) is 16.9 Å². The van der Waals surface area contributed by atoms with Crippen LogP contribution in [0.15, 0.2) is 95.9 Å². The smallest absolute Gasteiger partial charge is 0.335 e. The van der Waals surface area contributed by atoms with Gasteiger partial charge in [0.15, 0.2) is 0 Å². The Hall–Kier alpha value is -4.70. The number of benzene rings is 4. The van der Waals surface area contributed by atoms with Crippen molar-refractivity contribution in [3.05, 3.63) is 114 Å². The van der Waals surface area contributed by atoms with Gasteiger partial charge in [-0.25, -0.2) is 17.6 Å². The van der Waals surface area contributed by atoms with E-state index in [4.69, 9.17) is 9.84 Å². The van der Waals surface area contributed by atoms with Gasteiger partial charge in [0.2, 0.25) is 5.91 Å². The van der Waals surface area contributed by atoms with Crippen LogP contribution in [0.4, 0.5) is 10.1 Å². The van der Waals surface area contributed by atoms with Crippen molar-refractivity contribution in [2.24, 2.45) is 0 Å². The van der Waals surface area contributed by atoms with E-state index in [2.05, 4.69) is 5.32 Å². The maximum absolute atomic E-state index is 13.9. The number of carboxylic acid groups (broad SMARTS) is 1. The molecule has 4 aromatic rings. The lowest BCUT2D eigenvalue weighted by Gasteiger charge is -2.26. The molecule has 1 amide bonds. The van der Waals surface area contributed by atoms with Crippen molar-refractivity contribution in [1.29, 1.82) is 0 Å². The van der Waals surface area contributed by atoms with E-state index in [1.807, 2.05) is 0 Å². The number of carboxylic acids is 1. The Labute approximate surface area is 237 Å². The van der Waals surface area contributed by atoms with Crippen LogP contribution in [0.2, 0.25) is 0 Å². The van der Waals surface area contributed by atoms with Crippen LogP contribution in [0, 0.1) is 12.7 Å². The molecule has 0 bridgehead atoms. The maximum Gasteiger partial charge on any atom is 0.335 e. The molecule has 1 aliphatic heterocycles. The molecule has 0 aliphatic carbocycles. The lowest BCUT2D eigenvalue weighted by atomic mass is 10.0. The third-order valence-corrected chi connectivity index (χ3v) is 8.75. The van der Waals surface area contributed by atoms with E-state index >= 15 is 0 Å². The standard InChI is InChI=1S/C31H27FN2O6S/c1-20-18-24(32)10-15-27(20)21-8-13-26(14-9-21)41(38,39)34-28-5-3-2-4-23(28)19-29(34)30(35)33-16-17-40-25-11-6-22(7-12-25)31(36)37/h2-15,18,29H,16-17,19H2,1H3,(H,33,35)(H,36,37)/t29-/m0/s1. The lowest BCUT2D eigenvalue weighted by molar-refractivity contribution is -0.122. The van der Waals surface area contributed by atoms with Gasteiger partial charge < -0.3 is 15.2 Å². The number of halogens is 1. The second-order valence-electron chi connectivity index (χ2n) is 9.60. The molecule has 0 unspecified atom stereocenters. The Bertz CT molecular complexity index is 1710. The third kappa shape index (κ3) is 5.78. The highest BCUT2D eigenvalue weighted by Crippen LogP contribution is 2.37. The number of hydrogen-bond donors (Lipinski definition) is 2. The summed E-state index contributed by atoms with van der Waals surface area (Å²) in [6, 6.07) is 22.7. The maximum atomic E-state index is 13.9. The molecule has 210 valence electrons. The van der Waals surface area contributed by atoms with Gasteiger partial charge in [-0.1, -0.05) is 36.4 Å². The van der Waals surface area contributed by atoms with Crippen LogP contribution in [0.3, 0.4) is 0 Å². The highest BCUT2D eigenvalue weighted by molar-refractivity contribution is 7.93. The minimum Gasteiger partial charge on any atom is -0.492 e. The zero-order chi connectivity index (χ0) is 29.1. The number of amides is 1. The minimum absolute atomic E-state index is 0.0312. The number of nitrogens with one attached hydrogen (secondary N) is 1. The fourth-order valence-corrected chi connectivity index (χ4v) is 6.53. The summed E-state index contributed by atoms with van der Waals surface area (Å²) in [5.41, 5.74) is 3.58. The average Bonchev–Trinajstić information content (AvgIpc) is 3.36. The summed E-state index contributed by atoms with van der Waals surface area (Å²) < 4.78 is 48.1. The van der Waals surface area contributed by atoms with Gasteiger partial charge in [-0.15, -0.1) is 0 Å². The molecule has 1 aliphatic rings. The van der Waals surface area contributed by atoms with Crippen molar-refractivity contribution >= 4 is 27.6 Å². The number of carbonyl (C=O) groups excluding carboxylic acids is 1. The second-order valence-corrected chi connectivity index (χ2v) is 11.4. The van der Waals surface area contributed by atoms with E-state index in [0.717, 1.165) is 22.3 Å². The zero-order valence-corrected chi connectivity index (χ0v) is 22.9. The van der Waals surface area contributed by atoms with Gasteiger partial charge in [0.1, 0.15) is 24.2 Å². The number of rotatable bonds is 9. The number of anilines is 1. The van der Waals surface area contributed by atoms with E-state index in [0.29, 0.717) is 11.4 Å². The molecule has 0 spiro atoms. The molecule has 1 heterocycles. The molecule has 2 N–H and O–H groups in total. The fourth-order valence-electron chi connectivity index (χ4n) is 4.88. The molecule has 8 nitrogen and oxygen atoms in total. The lowest BCUT2D eigenvalue weighted by Crippen LogP contribution is -2.48. The highest BCUT2D eigenvalue weighted by Gasteiger charge is 2.42. The summed E-state index contributed by atoms with van der Waals surface area (Å²) in [5, 5.41) is 11.8. The molecule has 0 radical (unpaired) electrons. The normalized spacial score (nSPS) is 14.4. The number of para-hydroxylation sites is 1. The van der Waals surface area contributed by atoms with Crippen LogP contribution in [-0.2, 0) is 21.2 Å². The summed E-state index contributed by atoms with van der Waals surface area (Å²) >= 11 is 0. The second kappa shape index (κ2) is 11.4. The molecule has 10 heteroatoms. The van der Waals surface area contributed by atoms with Crippen LogP contribution in [0.1, 0.15) is 21.5 Å². The molecule has 0 fully saturated rings. The van der Waals surface area contributed by atoms with Gasteiger partial charge in [0.05, 0.1) is 22.7 Å². The zero-order valence-electron chi connectivity index (χ0n) is 22.1. The topological polar surface area (TPSA) is 113 Å². The largest absolute Gasteiger partial charge is 0.492 e. The Kier molecular flexibility index (Phi) is 7.76. The first-order valence-corrected chi connectivity index (χ1v) is 14.3. The van der Waals surface area contributed by atoms with Gasteiger partial charge in [0, 0.05) is 6.42 Å². The Morgan fingerprint density at radius 1 is 1.00 bits per heavy atom. The molecule has 5 rings (SSSR count). The van der Waals surface area contributed by atoms with E-state index in [1.54, 1.807) is 49.4 Å². The summed E-state index contributed by atoms with van der Waals surface area (Å²) in [4.78, 5) is 24.3. The number of ether oxygens (including phenoxy) is 1. The Morgan fingerprint density at radius 2 is 1.71 bits per heavy atom. The Balaban J connectivity index is 1.31. The van der Waals surface area contributed by atoms with Crippen LogP contribution in [0.5, 0.6) is 5.75 Å². The first-order chi connectivity index (χ1) is 19.6. The number of carbonyl (C=O) groups is 2. The highest BCUT2D eigenvalue weighted by atomic mass is 32.2. The quantitative estimate of drug-likeness (QED) is 0.278. The van der Waals surface area contributed by atoms with Crippen molar-refractivity contribution < 1.29 is 32.2 Å².